The summed E-state index contributed by atoms with van der Waals surface area (Å²) in [5.41, 5.74) is 2.90. The van der Waals surface area contributed by atoms with Crippen molar-refractivity contribution in [3.05, 3.63) is 59.2 Å². The highest BCUT2D eigenvalue weighted by Gasteiger charge is 2.17. The minimum atomic E-state index is -3.48. The number of carbonyl (C=O) groups is 1. The van der Waals surface area contributed by atoms with Gasteiger partial charge in [-0.3, -0.25) is 4.79 Å². The average Bonchev–Trinajstić information content (AvgIpc) is 2.49. The lowest BCUT2D eigenvalue weighted by atomic mass is 10.1. The zero-order valence-corrected chi connectivity index (χ0v) is 14.3. The summed E-state index contributed by atoms with van der Waals surface area (Å²) in [5, 5.41) is 0. The normalized spacial score (nSPS) is 11.3. The van der Waals surface area contributed by atoms with E-state index in [1.54, 1.807) is 30.3 Å². The standard InChI is InChI=1S/C18H20O4S/c1-13-4-7-16(8-5-13)23(20,21)11-10-18(19)22-17-9-6-14(2)12-15(17)3/h4-9,12H,10-11H2,1-3H3. The first-order chi connectivity index (χ1) is 10.8. The van der Waals surface area contributed by atoms with Crippen LogP contribution in [-0.4, -0.2) is 20.1 Å². The van der Waals surface area contributed by atoms with Crippen LogP contribution in [0.25, 0.3) is 0 Å². The minimum Gasteiger partial charge on any atom is -0.426 e. The first kappa shape index (κ1) is 17.2. The third-order valence-electron chi connectivity index (χ3n) is 3.51. The Kier molecular flexibility index (Phi) is 5.21. The van der Waals surface area contributed by atoms with Gasteiger partial charge in [0.05, 0.1) is 17.1 Å². The molecule has 0 saturated heterocycles. The molecule has 122 valence electrons. The Labute approximate surface area is 137 Å². The maximum Gasteiger partial charge on any atom is 0.312 e. The molecule has 0 aliphatic rings. The van der Waals surface area contributed by atoms with Gasteiger partial charge in [0.15, 0.2) is 9.84 Å². The largest absolute Gasteiger partial charge is 0.426 e. The Morgan fingerprint density at radius 1 is 0.957 bits per heavy atom. The summed E-state index contributed by atoms with van der Waals surface area (Å²) < 4.78 is 29.7. The summed E-state index contributed by atoms with van der Waals surface area (Å²) in [6, 6.07) is 12.1. The molecule has 0 heterocycles. The number of hydrogen-bond donors (Lipinski definition) is 0. The summed E-state index contributed by atoms with van der Waals surface area (Å²) in [4.78, 5) is 12.1. The summed E-state index contributed by atoms with van der Waals surface area (Å²) in [7, 11) is -3.48. The molecule has 0 aliphatic carbocycles. The molecule has 0 radical (unpaired) electrons. The van der Waals surface area contributed by atoms with Gasteiger partial charge < -0.3 is 4.74 Å². The number of esters is 1. The maximum atomic E-state index is 12.2. The number of ether oxygens (including phenoxy) is 1. The van der Waals surface area contributed by atoms with E-state index in [1.807, 2.05) is 32.9 Å². The van der Waals surface area contributed by atoms with Crippen LogP contribution in [0.2, 0.25) is 0 Å². The van der Waals surface area contributed by atoms with Gasteiger partial charge in [-0.05, 0) is 44.5 Å². The van der Waals surface area contributed by atoms with Gasteiger partial charge in [-0.2, -0.15) is 0 Å². The van der Waals surface area contributed by atoms with Gasteiger partial charge in [0.25, 0.3) is 0 Å². The predicted molar refractivity (Wildman–Crippen MR) is 89.4 cm³/mol. The summed E-state index contributed by atoms with van der Waals surface area (Å²) in [5.74, 6) is -0.347. The number of aryl methyl sites for hydroxylation is 3. The van der Waals surface area contributed by atoms with Crippen LogP contribution in [0.5, 0.6) is 5.75 Å². The molecule has 0 unspecified atom stereocenters. The van der Waals surface area contributed by atoms with Crippen molar-refractivity contribution in [1.82, 2.24) is 0 Å². The van der Waals surface area contributed by atoms with Gasteiger partial charge in [-0.25, -0.2) is 8.42 Å². The van der Waals surface area contributed by atoms with Crippen LogP contribution in [0.4, 0.5) is 0 Å². The van der Waals surface area contributed by atoms with Crippen molar-refractivity contribution in [3.63, 3.8) is 0 Å². The zero-order chi connectivity index (χ0) is 17.0. The topological polar surface area (TPSA) is 60.4 Å². The third-order valence-corrected chi connectivity index (χ3v) is 5.24. The molecule has 2 aromatic rings. The van der Waals surface area contributed by atoms with E-state index in [4.69, 9.17) is 4.74 Å². The van der Waals surface area contributed by atoms with Crippen LogP contribution in [-0.2, 0) is 14.6 Å². The first-order valence-electron chi connectivity index (χ1n) is 7.35. The second-order valence-corrected chi connectivity index (χ2v) is 7.73. The van der Waals surface area contributed by atoms with E-state index >= 15 is 0 Å². The van der Waals surface area contributed by atoms with Crippen LogP contribution >= 0.6 is 0 Å². The van der Waals surface area contributed by atoms with Crippen molar-refractivity contribution < 1.29 is 17.9 Å². The molecule has 0 atom stereocenters. The Hall–Kier alpha value is -2.14. The fraction of sp³-hybridized carbons (Fsp3) is 0.278. The first-order valence-corrected chi connectivity index (χ1v) is 9.00. The Morgan fingerprint density at radius 2 is 1.57 bits per heavy atom. The molecule has 0 bridgehead atoms. The molecular weight excluding hydrogens is 312 g/mol. The van der Waals surface area contributed by atoms with Crippen molar-refractivity contribution >= 4 is 15.8 Å². The summed E-state index contributed by atoms with van der Waals surface area (Å²) in [6.45, 7) is 5.68. The highest BCUT2D eigenvalue weighted by molar-refractivity contribution is 7.91. The SMILES string of the molecule is Cc1ccc(S(=O)(=O)CCC(=O)Oc2ccc(C)cc2C)cc1. The lowest BCUT2D eigenvalue weighted by molar-refractivity contribution is -0.133. The monoisotopic (exact) mass is 332 g/mol. The number of carbonyl (C=O) groups excluding carboxylic acids is 1. The fourth-order valence-corrected chi connectivity index (χ4v) is 3.39. The number of hydrogen-bond acceptors (Lipinski definition) is 4. The molecule has 0 fully saturated rings. The molecule has 0 aromatic heterocycles. The Balaban J connectivity index is 1.99. The lowest BCUT2D eigenvalue weighted by Crippen LogP contribution is -2.16. The molecule has 5 heteroatoms. The van der Waals surface area contributed by atoms with Gasteiger partial charge in [0.2, 0.25) is 0 Å². The minimum absolute atomic E-state index is 0.177. The van der Waals surface area contributed by atoms with Gasteiger partial charge in [-0.1, -0.05) is 35.4 Å². The van der Waals surface area contributed by atoms with Crippen LogP contribution in [0.15, 0.2) is 47.4 Å². The van der Waals surface area contributed by atoms with E-state index in [2.05, 4.69) is 0 Å². The summed E-state index contributed by atoms with van der Waals surface area (Å²) in [6.07, 6.45) is -0.177. The molecule has 2 rings (SSSR count). The fourth-order valence-electron chi connectivity index (χ4n) is 2.17. The van der Waals surface area contributed by atoms with E-state index in [-0.39, 0.29) is 17.1 Å². The summed E-state index contributed by atoms with van der Waals surface area (Å²) >= 11 is 0. The number of rotatable bonds is 5. The molecule has 0 spiro atoms. The number of benzene rings is 2. The predicted octanol–water partition coefficient (Wildman–Crippen LogP) is 3.38. The van der Waals surface area contributed by atoms with Crippen molar-refractivity contribution in [2.75, 3.05) is 5.75 Å². The van der Waals surface area contributed by atoms with E-state index in [0.717, 1.165) is 16.7 Å². The van der Waals surface area contributed by atoms with Crippen LogP contribution in [0, 0.1) is 20.8 Å². The quantitative estimate of drug-likeness (QED) is 0.622. The highest BCUT2D eigenvalue weighted by atomic mass is 32.2. The van der Waals surface area contributed by atoms with E-state index < -0.39 is 15.8 Å². The Morgan fingerprint density at radius 3 is 2.17 bits per heavy atom. The Bertz CT molecular complexity index is 805. The van der Waals surface area contributed by atoms with Crippen molar-refractivity contribution in [2.45, 2.75) is 32.1 Å². The van der Waals surface area contributed by atoms with Gasteiger partial charge in [0.1, 0.15) is 5.75 Å². The van der Waals surface area contributed by atoms with Crippen LogP contribution in [0.1, 0.15) is 23.1 Å². The van der Waals surface area contributed by atoms with Crippen molar-refractivity contribution in [1.29, 1.82) is 0 Å². The molecule has 0 saturated carbocycles. The van der Waals surface area contributed by atoms with Crippen molar-refractivity contribution in [3.8, 4) is 5.75 Å². The molecule has 0 aliphatic heterocycles. The molecule has 0 amide bonds. The second kappa shape index (κ2) is 6.96. The lowest BCUT2D eigenvalue weighted by Gasteiger charge is -2.08. The third kappa shape index (κ3) is 4.66. The van der Waals surface area contributed by atoms with Gasteiger partial charge in [0, 0.05) is 0 Å². The van der Waals surface area contributed by atoms with E-state index in [0.29, 0.717) is 5.75 Å². The van der Waals surface area contributed by atoms with Crippen LogP contribution < -0.4 is 4.74 Å². The molecule has 4 nitrogen and oxygen atoms in total. The van der Waals surface area contributed by atoms with Gasteiger partial charge >= 0.3 is 5.97 Å². The molecular formula is C18H20O4S. The highest BCUT2D eigenvalue weighted by Crippen LogP contribution is 2.20. The average molecular weight is 332 g/mol. The smallest absolute Gasteiger partial charge is 0.312 e. The zero-order valence-electron chi connectivity index (χ0n) is 13.5. The number of sulfone groups is 1. The van der Waals surface area contributed by atoms with Crippen molar-refractivity contribution in [2.24, 2.45) is 0 Å². The molecule has 23 heavy (non-hydrogen) atoms. The van der Waals surface area contributed by atoms with E-state index in [9.17, 15) is 13.2 Å². The second-order valence-electron chi connectivity index (χ2n) is 5.62. The van der Waals surface area contributed by atoms with Gasteiger partial charge in [-0.15, -0.1) is 0 Å². The molecule has 0 N–H and O–H groups in total. The molecule has 2 aromatic carbocycles. The van der Waals surface area contributed by atoms with Crippen LogP contribution in [0.3, 0.4) is 0 Å². The maximum absolute atomic E-state index is 12.2. The van der Waals surface area contributed by atoms with E-state index in [1.165, 1.54) is 0 Å².